The summed E-state index contributed by atoms with van der Waals surface area (Å²) in [6.45, 7) is 6.87. The predicted molar refractivity (Wildman–Crippen MR) is 107 cm³/mol. The maximum absolute atomic E-state index is 12.6. The van der Waals surface area contributed by atoms with E-state index in [1.54, 1.807) is 35.6 Å². The molecule has 0 aliphatic heterocycles. The minimum atomic E-state index is -0.612. The molecule has 5 nitrogen and oxygen atoms in total. The number of urea groups is 1. The van der Waals surface area contributed by atoms with E-state index >= 15 is 0 Å². The fourth-order valence-electron chi connectivity index (χ4n) is 3.35. The summed E-state index contributed by atoms with van der Waals surface area (Å²) < 4.78 is 0. The molecule has 0 saturated heterocycles. The maximum atomic E-state index is 12.6. The van der Waals surface area contributed by atoms with Gasteiger partial charge in [-0.3, -0.25) is 4.79 Å². The molecule has 1 heterocycles. The molecule has 0 saturated carbocycles. The van der Waals surface area contributed by atoms with Crippen molar-refractivity contribution in [2.24, 2.45) is 17.1 Å². The van der Waals surface area contributed by atoms with Crippen molar-refractivity contribution in [1.29, 1.82) is 0 Å². The van der Waals surface area contributed by atoms with Gasteiger partial charge in [0.25, 0.3) is 5.91 Å². The molecule has 138 valence electrons. The van der Waals surface area contributed by atoms with E-state index in [9.17, 15) is 9.59 Å². The fraction of sp³-hybridized carbons (Fsp3) is 0.400. The van der Waals surface area contributed by atoms with E-state index in [2.05, 4.69) is 37.5 Å². The number of hydrogen-bond acceptors (Lipinski definition) is 3. The Balaban J connectivity index is 1.68. The van der Waals surface area contributed by atoms with Gasteiger partial charge >= 0.3 is 6.03 Å². The second-order valence-corrected chi connectivity index (χ2v) is 9.02. The van der Waals surface area contributed by atoms with Crippen LogP contribution in [0.5, 0.6) is 0 Å². The number of amides is 3. The first-order valence-corrected chi connectivity index (χ1v) is 9.63. The smallest absolute Gasteiger partial charge is 0.316 e. The highest BCUT2D eigenvalue weighted by Crippen LogP contribution is 2.40. The molecule has 1 aromatic heterocycles. The Morgan fingerprint density at radius 1 is 1.12 bits per heavy atom. The van der Waals surface area contributed by atoms with Crippen LogP contribution in [-0.2, 0) is 12.8 Å². The molecule has 0 fully saturated rings. The van der Waals surface area contributed by atoms with E-state index in [1.165, 1.54) is 16.9 Å². The summed E-state index contributed by atoms with van der Waals surface area (Å²) in [5, 5.41) is 5.41. The first-order valence-electron chi connectivity index (χ1n) is 8.82. The average Bonchev–Trinajstić information content (AvgIpc) is 2.98. The highest BCUT2D eigenvalue weighted by molar-refractivity contribution is 7.14. The quantitative estimate of drug-likeness (QED) is 0.734. The number of nitrogens with one attached hydrogen (secondary N) is 2. The standard InChI is InChI=1S/C20H25N3O2S/c1-20(2,3)13-4-9-16-12(10-13)11-17(26-16)18(24)22-14-5-7-15(8-6-14)23-19(21)25/h5-8,11,13H,4,9-10H2,1-3H3,(H,22,24)(H3,21,23,25). The highest BCUT2D eigenvalue weighted by atomic mass is 32.1. The molecule has 1 unspecified atom stereocenters. The summed E-state index contributed by atoms with van der Waals surface area (Å²) in [5.41, 5.74) is 7.98. The Morgan fingerprint density at radius 2 is 1.73 bits per heavy atom. The zero-order chi connectivity index (χ0) is 18.9. The zero-order valence-corrected chi connectivity index (χ0v) is 16.2. The number of aryl methyl sites for hydroxylation is 1. The van der Waals surface area contributed by atoms with Gasteiger partial charge < -0.3 is 16.4 Å². The molecule has 1 atom stereocenters. The van der Waals surface area contributed by atoms with Crippen molar-refractivity contribution in [3.8, 4) is 0 Å². The van der Waals surface area contributed by atoms with Crippen molar-refractivity contribution >= 4 is 34.6 Å². The van der Waals surface area contributed by atoms with Crippen LogP contribution in [0.3, 0.4) is 0 Å². The lowest BCUT2D eigenvalue weighted by Gasteiger charge is -2.33. The maximum Gasteiger partial charge on any atom is 0.316 e. The van der Waals surface area contributed by atoms with Crippen molar-refractivity contribution in [3.05, 3.63) is 45.6 Å². The van der Waals surface area contributed by atoms with E-state index in [4.69, 9.17) is 5.73 Å². The number of nitrogens with two attached hydrogens (primary N) is 1. The van der Waals surface area contributed by atoms with Gasteiger partial charge in [-0.25, -0.2) is 4.79 Å². The molecule has 1 aromatic carbocycles. The van der Waals surface area contributed by atoms with E-state index in [0.29, 0.717) is 22.7 Å². The lowest BCUT2D eigenvalue weighted by atomic mass is 9.72. The second kappa shape index (κ2) is 7.11. The van der Waals surface area contributed by atoms with Crippen LogP contribution in [0.2, 0.25) is 0 Å². The Hall–Kier alpha value is -2.34. The summed E-state index contributed by atoms with van der Waals surface area (Å²) in [7, 11) is 0. The lowest BCUT2D eigenvalue weighted by molar-refractivity contribution is 0.103. The average molecular weight is 372 g/mol. The molecule has 2 aromatic rings. The minimum Gasteiger partial charge on any atom is -0.351 e. The molecule has 0 bridgehead atoms. The molecule has 26 heavy (non-hydrogen) atoms. The number of anilines is 2. The molecule has 1 aliphatic carbocycles. The van der Waals surface area contributed by atoms with Crippen LogP contribution in [-0.4, -0.2) is 11.9 Å². The van der Waals surface area contributed by atoms with Crippen LogP contribution in [0.4, 0.5) is 16.2 Å². The van der Waals surface area contributed by atoms with E-state index < -0.39 is 6.03 Å². The Morgan fingerprint density at radius 3 is 2.31 bits per heavy atom. The number of primary amides is 1. The van der Waals surface area contributed by atoms with Gasteiger partial charge in [-0.15, -0.1) is 11.3 Å². The number of hydrogen-bond donors (Lipinski definition) is 3. The number of fused-ring (bicyclic) bond motifs is 1. The first kappa shape index (κ1) is 18.5. The number of carbonyl (C=O) groups excluding carboxylic acids is 2. The SMILES string of the molecule is CC(C)(C)C1CCc2sc(C(=O)Nc3ccc(NC(N)=O)cc3)cc2C1. The van der Waals surface area contributed by atoms with Gasteiger partial charge in [0.1, 0.15) is 0 Å². The fourth-order valence-corrected chi connectivity index (χ4v) is 4.45. The van der Waals surface area contributed by atoms with Crippen LogP contribution < -0.4 is 16.4 Å². The first-order chi connectivity index (χ1) is 12.2. The summed E-state index contributed by atoms with van der Waals surface area (Å²) in [5.74, 6) is 0.568. The number of carbonyl (C=O) groups is 2. The van der Waals surface area contributed by atoms with Gasteiger partial charge in [-0.2, -0.15) is 0 Å². The van der Waals surface area contributed by atoms with Crippen molar-refractivity contribution in [2.75, 3.05) is 10.6 Å². The van der Waals surface area contributed by atoms with Gasteiger partial charge in [-0.05, 0) is 66.5 Å². The third-order valence-electron chi connectivity index (χ3n) is 4.94. The van der Waals surface area contributed by atoms with Crippen molar-refractivity contribution in [1.82, 2.24) is 0 Å². The van der Waals surface area contributed by atoms with Gasteiger partial charge in [-0.1, -0.05) is 20.8 Å². The molecule has 0 radical (unpaired) electrons. The summed E-state index contributed by atoms with van der Waals surface area (Å²) in [6, 6.07) is 8.33. The molecule has 3 rings (SSSR count). The Kier molecular flexibility index (Phi) is 5.05. The van der Waals surface area contributed by atoms with Crippen molar-refractivity contribution in [2.45, 2.75) is 40.0 Å². The second-order valence-electron chi connectivity index (χ2n) is 7.89. The molecule has 4 N–H and O–H groups in total. The third-order valence-corrected chi connectivity index (χ3v) is 6.18. The van der Waals surface area contributed by atoms with E-state index in [1.807, 2.05) is 0 Å². The van der Waals surface area contributed by atoms with Gasteiger partial charge in [0, 0.05) is 16.3 Å². The molecular weight excluding hydrogens is 346 g/mol. The van der Waals surface area contributed by atoms with Crippen LogP contribution in [0.15, 0.2) is 30.3 Å². The van der Waals surface area contributed by atoms with Gasteiger partial charge in [0.2, 0.25) is 0 Å². The number of thiophene rings is 1. The van der Waals surface area contributed by atoms with E-state index in [-0.39, 0.29) is 5.91 Å². The molecular formula is C20H25N3O2S. The summed E-state index contributed by atoms with van der Waals surface area (Å²) >= 11 is 1.60. The monoisotopic (exact) mass is 371 g/mol. The predicted octanol–water partition coefficient (Wildman–Crippen LogP) is 4.64. The third kappa shape index (κ3) is 4.25. The topological polar surface area (TPSA) is 84.2 Å². The van der Waals surface area contributed by atoms with E-state index in [0.717, 1.165) is 17.7 Å². The molecule has 0 spiro atoms. The van der Waals surface area contributed by atoms with Crippen LogP contribution in [0, 0.1) is 11.3 Å². The largest absolute Gasteiger partial charge is 0.351 e. The van der Waals surface area contributed by atoms with Gasteiger partial charge in [0.05, 0.1) is 4.88 Å². The summed E-state index contributed by atoms with van der Waals surface area (Å²) in [4.78, 5) is 25.5. The van der Waals surface area contributed by atoms with Crippen LogP contribution in [0.25, 0.3) is 0 Å². The molecule has 3 amide bonds. The summed E-state index contributed by atoms with van der Waals surface area (Å²) in [6.07, 6.45) is 3.30. The Labute approximate surface area is 158 Å². The van der Waals surface area contributed by atoms with Crippen LogP contribution in [0.1, 0.15) is 47.3 Å². The number of benzene rings is 1. The lowest BCUT2D eigenvalue weighted by Crippen LogP contribution is -2.26. The molecule has 1 aliphatic rings. The van der Waals surface area contributed by atoms with Crippen molar-refractivity contribution < 1.29 is 9.59 Å². The number of rotatable bonds is 3. The van der Waals surface area contributed by atoms with Crippen LogP contribution >= 0.6 is 11.3 Å². The highest BCUT2D eigenvalue weighted by Gasteiger charge is 2.30. The van der Waals surface area contributed by atoms with Gasteiger partial charge in [0.15, 0.2) is 0 Å². The minimum absolute atomic E-state index is 0.0904. The Bertz CT molecular complexity index is 819. The normalized spacial score (nSPS) is 16.7. The molecule has 6 heteroatoms. The zero-order valence-electron chi connectivity index (χ0n) is 15.4. The van der Waals surface area contributed by atoms with Crippen molar-refractivity contribution in [3.63, 3.8) is 0 Å².